The highest BCUT2D eigenvalue weighted by molar-refractivity contribution is 6.30. The molecule has 2 aliphatic carbocycles. The van der Waals surface area contributed by atoms with Crippen LogP contribution >= 0.6 is 11.6 Å². The Hall–Kier alpha value is -2.50. The van der Waals surface area contributed by atoms with E-state index in [1.165, 1.54) is 11.1 Å². The van der Waals surface area contributed by atoms with Crippen molar-refractivity contribution in [3.63, 3.8) is 0 Å². The molecule has 180 valence electrons. The quantitative estimate of drug-likeness (QED) is 0.554. The number of nitrogens with zero attached hydrogens (tertiary/aromatic N) is 1. The van der Waals surface area contributed by atoms with E-state index >= 15 is 0 Å². The smallest absolute Gasteiger partial charge is 0.335 e. The maximum atomic E-state index is 11.8. The molecule has 2 N–H and O–H groups in total. The molecule has 2 aromatic rings. The molecule has 0 saturated heterocycles. The first-order valence-electron chi connectivity index (χ1n) is 12.1. The first-order valence-corrected chi connectivity index (χ1v) is 12.5. The Morgan fingerprint density at radius 3 is 2.85 bits per heavy atom. The summed E-state index contributed by atoms with van der Waals surface area (Å²) < 4.78 is 6.41. The van der Waals surface area contributed by atoms with Gasteiger partial charge in [0.25, 0.3) is 0 Å². The van der Waals surface area contributed by atoms with Crippen molar-refractivity contribution in [3.05, 3.63) is 70.8 Å². The monoisotopic (exact) mass is 481 g/mol. The molecule has 1 aliphatic heterocycles. The van der Waals surface area contributed by atoms with Crippen molar-refractivity contribution in [3.8, 4) is 5.75 Å². The number of aromatic carboxylic acids is 1. The van der Waals surface area contributed by atoms with Gasteiger partial charge >= 0.3 is 5.97 Å². The lowest BCUT2D eigenvalue weighted by molar-refractivity contribution is -0.0466. The number of aliphatic hydroxyl groups is 1. The lowest BCUT2D eigenvalue weighted by Crippen LogP contribution is -2.53. The van der Waals surface area contributed by atoms with Crippen LogP contribution in [0.25, 0.3) is 0 Å². The van der Waals surface area contributed by atoms with E-state index in [1.807, 2.05) is 6.07 Å². The summed E-state index contributed by atoms with van der Waals surface area (Å²) in [6.07, 6.45) is 6.09. The van der Waals surface area contributed by atoms with Crippen LogP contribution in [0, 0.1) is 11.3 Å². The molecule has 0 amide bonds. The van der Waals surface area contributed by atoms with Gasteiger partial charge in [-0.15, -0.1) is 6.58 Å². The van der Waals surface area contributed by atoms with Crippen LogP contribution in [0.2, 0.25) is 5.02 Å². The highest BCUT2D eigenvalue weighted by atomic mass is 35.5. The van der Waals surface area contributed by atoms with Gasteiger partial charge < -0.3 is 19.8 Å². The number of benzene rings is 2. The summed E-state index contributed by atoms with van der Waals surface area (Å²) in [5, 5.41) is 21.1. The van der Waals surface area contributed by atoms with Crippen molar-refractivity contribution >= 4 is 23.3 Å². The summed E-state index contributed by atoms with van der Waals surface area (Å²) in [7, 11) is 0. The summed E-state index contributed by atoms with van der Waals surface area (Å²) >= 11 is 6.33. The molecule has 1 saturated carbocycles. The first-order chi connectivity index (χ1) is 16.3. The van der Waals surface area contributed by atoms with Crippen LogP contribution in [0.5, 0.6) is 5.75 Å². The molecule has 5 nitrogen and oxygen atoms in total. The Morgan fingerprint density at radius 2 is 2.15 bits per heavy atom. The zero-order valence-corrected chi connectivity index (χ0v) is 20.4. The van der Waals surface area contributed by atoms with Gasteiger partial charge in [-0.25, -0.2) is 4.79 Å². The Labute approximate surface area is 206 Å². The second-order valence-corrected chi connectivity index (χ2v) is 11.0. The van der Waals surface area contributed by atoms with Gasteiger partial charge in [0.15, 0.2) is 0 Å². The van der Waals surface area contributed by atoms with Gasteiger partial charge in [0.2, 0.25) is 0 Å². The highest BCUT2D eigenvalue weighted by Crippen LogP contribution is 2.51. The second kappa shape index (κ2) is 8.62. The summed E-state index contributed by atoms with van der Waals surface area (Å²) in [5.41, 5.74) is 3.18. The van der Waals surface area contributed by atoms with E-state index in [-0.39, 0.29) is 22.3 Å². The number of ether oxygens (including phenoxy) is 1. The Bertz CT molecular complexity index is 1130. The lowest BCUT2D eigenvalue weighted by atomic mass is 9.58. The lowest BCUT2D eigenvalue weighted by Gasteiger charge is -2.52. The number of fused-ring (bicyclic) bond motifs is 3. The molecule has 5 rings (SSSR count). The van der Waals surface area contributed by atoms with E-state index in [0.29, 0.717) is 12.4 Å². The number of hydrogen-bond acceptors (Lipinski definition) is 4. The van der Waals surface area contributed by atoms with Crippen molar-refractivity contribution in [2.75, 3.05) is 24.6 Å². The van der Waals surface area contributed by atoms with Crippen molar-refractivity contribution in [2.24, 2.45) is 11.3 Å². The van der Waals surface area contributed by atoms with Gasteiger partial charge in [-0.1, -0.05) is 30.7 Å². The Morgan fingerprint density at radius 1 is 1.32 bits per heavy atom. The van der Waals surface area contributed by atoms with E-state index < -0.39 is 12.1 Å². The molecule has 3 aliphatic rings. The number of anilines is 1. The maximum Gasteiger partial charge on any atom is 0.335 e. The van der Waals surface area contributed by atoms with Crippen LogP contribution in [0.3, 0.4) is 0 Å². The molecule has 1 fully saturated rings. The van der Waals surface area contributed by atoms with Crippen LogP contribution in [0.15, 0.2) is 49.1 Å². The normalized spacial score (nSPS) is 28.7. The largest absolute Gasteiger partial charge is 0.490 e. The average molecular weight is 482 g/mol. The third-order valence-electron chi connectivity index (χ3n) is 8.59. The first kappa shape index (κ1) is 23.3. The predicted octanol–water partition coefficient (Wildman–Crippen LogP) is 5.47. The van der Waals surface area contributed by atoms with E-state index in [2.05, 4.69) is 30.5 Å². The van der Waals surface area contributed by atoms with Crippen LogP contribution < -0.4 is 9.64 Å². The molecule has 34 heavy (non-hydrogen) atoms. The number of aryl methyl sites for hydroxylation is 1. The molecule has 1 heterocycles. The third kappa shape index (κ3) is 3.79. The molecule has 1 spiro atoms. The van der Waals surface area contributed by atoms with Crippen molar-refractivity contribution in [1.82, 2.24) is 0 Å². The predicted molar refractivity (Wildman–Crippen MR) is 134 cm³/mol. The fraction of sp³-hybridized carbons (Fsp3) is 0.464. The SMILES string of the molecule is C=C[C@@H](O)[C@@]1(C)CC[C@@H]1CN1C[C@@]2(CCCc3cc(Cl)ccc32)COc2ccc(C(=O)O)cc21. The van der Waals surface area contributed by atoms with Gasteiger partial charge in [0.05, 0.1) is 24.0 Å². The van der Waals surface area contributed by atoms with Gasteiger partial charge in [0, 0.05) is 28.9 Å². The molecular weight excluding hydrogens is 450 g/mol. The summed E-state index contributed by atoms with van der Waals surface area (Å²) in [5.74, 6) is 0.0356. The molecule has 0 radical (unpaired) electrons. The number of halogens is 1. The topological polar surface area (TPSA) is 70.0 Å². The van der Waals surface area contributed by atoms with E-state index in [4.69, 9.17) is 16.3 Å². The van der Waals surface area contributed by atoms with E-state index in [0.717, 1.165) is 55.9 Å². The van der Waals surface area contributed by atoms with E-state index in [1.54, 1.807) is 24.3 Å². The number of carbonyl (C=O) groups is 1. The standard InChI is InChI=1S/C28H32ClNO4/c1-3-25(31)27(2)12-10-20(27)15-30-16-28(11-4-5-18-13-21(29)7-8-22(18)28)17-34-24-9-6-19(26(32)33)14-23(24)30/h3,6-9,13-14,20,25,31H,1,4-5,10-12,15-17H2,2H3,(H,32,33)/t20-,25-,27+,28+/m1/s1. The number of aliphatic hydroxyl groups excluding tert-OH is 1. The van der Waals surface area contributed by atoms with E-state index in [9.17, 15) is 15.0 Å². The number of carboxylic acids is 1. The zero-order valence-electron chi connectivity index (χ0n) is 19.6. The maximum absolute atomic E-state index is 11.8. The number of rotatable bonds is 5. The average Bonchev–Trinajstić information content (AvgIpc) is 2.97. The van der Waals surface area contributed by atoms with Gasteiger partial charge in [-0.3, -0.25) is 0 Å². The highest BCUT2D eigenvalue weighted by Gasteiger charge is 2.49. The van der Waals surface area contributed by atoms with Gasteiger partial charge in [0.1, 0.15) is 5.75 Å². The Kier molecular flexibility index (Phi) is 5.89. The second-order valence-electron chi connectivity index (χ2n) is 10.5. The molecule has 0 unspecified atom stereocenters. The minimum absolute atomic E-state index is 0.211. The molecule has 0 bridgehead atoms. The minimum atomic E-state index is -0.949. The number of carboxylic acid groups (broad SMARTS) is 1. The zero-order chi connectivity index (χ0) is 24.1. The molecule has 0 aromatic heterocycles. The number of hydrogen-bond donors (Lipinski definition) is 2. The summed E-state index contributed by atoms with van der Waals surface area (Å²) in [6, 6.07) is 11.3. The summed E-state index contributed by atoms with van der Waals surface area (Å²) in [6.45, 7) is 7.94. The fourth-order valence-corrected chi connectivity index (χ4v) is 6.47. The van der Waals surface area contributed by atoms with Crippen LogP contribution in [-0.4, -0.2) is 42.0 Å². The Balaban J connectivity index is 1.56. The van der Waals surface area contributed by atoms with Gasteiger partial charge in [-0.05, 0) is 79.5 Å². The van der Waals surface area contributed by atoms with Crippen molar-refractivity contribution in [1.29, 1.82) is 0 Å². The van der Waals surface area contributed by atoms with Gasteiger partial charge in [-0.2, -0.15) is 0 Å². The van der Waals surface area contributed by atoms with Crippen molar-refractivity contribution in [2.45, 2.75) is 50.5 Å². The third-order valence-corrected chi connectivity index (χ3v) is 8.82. The molecular formula is C28H32ClNO4. The minimum Gasteiger partial charge on any atom is -0.490 e. The molecule has 4 atom stereocenters. The molecule has 6 heteroatoms. The van der Waals surface area contributed by atoms with Crippen LogP contribution in [0.4, 0.5) is 5.69 Å². The van der Waals surface area contributed by atoms with Crippen LogP contribution in [-0.2, 0) is 11.8 Å². The summed E-state index contributed by atoms with van der Waals surface area (Å²) in [4.78, 5) is 14.1. The van der Waals surface area contributed by atoms with Crippen LogP contribution in [0.1, 0.15) is 54.1 Å². The molecule has 2 aromatic carbocycles. The van der Waals surface area contributed by atoms with Crippen molar-refractivity contribution < 1.29 is 19.7 Å². The fourth-order valence-electron chi connectivity index (χ4n) is 6.28.